The maximum Gasteiger partial charge on any atom is 0.118 e. The maximum atomic E-state index is 5.76. The van der Waals surface area contributed by atoms with E-state index in [0.29, 0.717) is 12.0 Å². The summed E-state index contributed by atoms with van der Waals surface area (Å²) in [5.41, 5.74) is 1.26. The van der Waals surface area contributed by atoms with Crippen LogP contribution in [0.25, 0.3) is 0 Å². The fraction of sp³-hybridized carbons (Fsp3) is 0.778. The third-order valence-electron chi connectivity index (χ3n) is 3.88. The third-order valence-corrected chi connectivity index (χ3v) is 3.88. The van der Waals surface area contributed by atoms with Crippen molar-refractivity contribution in [3.8, 4) is 0 Å². The van der Waals surface area contributed by atoms with Gasteiger partial charge in [-0.3, -0.25) is 4.90 Å². The van der Waals surface area contributed by atoms with Crippen molar-refractivity contribution in [1.82, 2.24) is 10.2 Å². The molecule has 0 unspecified atom stereocenters. The van der Waals surface area contributed by atoms with Gasteiger partial charge < -0.3 is 9.73 Å². The van der Waals surface area contributed by atoms with Crippen LogP contribution >= 0.6 is 0 Å². The van der Waals surface area contributed by atoms with Crippen molar-refractivity contribution in [3.05, 3.63) is 23.7 Å². The van der Waals surface area contributed by atoms with Gasteiger partial charge in [-0.05, 0) is 37.8 Å². The maximum absolute atomic E-state index is 5.76. The van der Waals surface area contributed by atoms with Crippen LogP contribution in [0.3, 0.4) is 0 Å². The first-order chi connectivity index (χ1) is 10.1. The Bertz CT molecular complexity index is 369. The monoisotopic (exact) mass is 294 g/mol. The minimum atomic E-state index is 0.652. The van der Waals surface area contributed by atoms with Crippen molar-refractivity contribution >= 4 is 0 Å². The predicted molar refractivity (Wildman–Crippen MR) is 90.3 cm³/mol. The summed E-state index contributed by atoms with van der Waals surface area (Å²) in [4.78, 5) is 2.58. The van der Waals surface area contributed by atoms with Crippen LogP contribution in [0.15, 0.2) is 16.7 Å². The zero-order valence-corrected chi connectivity index (χ0v) is 14.6. The molecule has 0 aliphatic carbocycles. The van der Waals surface area contributed by atoms with Gasteiger partial charge in [0.05, 0.1) is 12.8 Å². The van der Waals surface area contributed by atoms with Gasteiger partial charge in [-0.25, -0.2) is 0 Å². The lowest BCUT2D eigenvalue weighted by molar-refractivity contribution is 0.146. The highest BCUT2D eigenvalue weighted by Crippen LogP contribution is 2.17. The van der Waals surface area contributed by atoms with E-state index in [1.807, 2.05) is 6.26 Å². The number of rotatable bonds is 11. The van der Waals surface area contributed by atoms with E-state index in [1.165, 1.54) is 24.8 Å². The summed E-state index contributed by atoms with van der Waals surface area (Å²) >= 11 is 0. The van der Waals surface area contributed by atoms with E-state index < -0.39 is 0 Å². The van der Waals surface area contributed by atoms with Gasteiger partial charge in [0.1, 0.15) is 5.76 Å². The Balaban J connectivity index is 2.61. The highest BCUT2D eigenvalue weighted by molar-refractivity contribution is 5.12. The van der Waals surface area contributed by atoms with Crippen molar-refractivity contribution in [3.63, 3.8) is 0 Å². The molecule has 1 rings (SSSR count). The zero-order valence-electron chi connectivity index (χ0n) is 14.6. The Morgan fingerprint density at radius 1 is 1.19 bits per heavy atom. The molecule has 1 N–H and O–H groups in total. The molecule has 0 amide bonds. The fourth-order valence-electron chi connectivity index (χ4n) is 2.83. The lowest BCUT2D eigenvalue weighted by atomic mass is 10.1. The van der Waals surface area contributed by atoms with Gasteiger partial charge in [0.15, 0.2) is 0 Å². The smallest absolute Gasteiger partial charge is 0.118 e. The summed E-state index contributed by atoms with van der Waals surface area (Å²) in [6.07, 6.45) is 5.48. The predicted octanol–water partition coefficient (Wildman–Crippen LogP) is 4.43. The molecule has 0 bridgehead atoms. The minimum absolute atomic E-state index is 0.652. The van der Waals surface area contributed by atoms with Crippen LogP contribution < -0.4 is 5.32 Å². The summed E-state index contributed by atoms with van der Waals surface area (Å²) < 4.78 is 5.76. The quantitative estimate of drug-likeness (QED) is 0.612. The normalized spacial score (nSPS) is 12.0. The summed E-state index contributed by atoms with van der Waals surface area (Å²) in [5.74, 6) is 1.78. The molecule has 1 heterocycles. The number of hydrogen-bond acceptors (Lipinski definition) is 3. The molecule has 122 valence electrons. The molecule has 0 spiro atoms. The van der Waals surface area contributed by atoms with Crippen LogP contribution in [0.2, 0.25) is 0 Å². The van der Waals surface area contributed by atoms with Crippen LogP contribution in [0.5, 0.6) is 0 Å². The van der Waals surface area contributed by atoms with Crippen LogP contribution in [-0.2, 0) is 13.1 Å². The van der Waals surface area contributed by atoms with Gasteiger partial charge in [-0.1, -0.05) is 34.6 Å². The first kappa shape index (κ1) is 18.2. The molecule has 21 heavy (non-hydrogen) atoms. The molecule has 3 heteroatoms. The Morgan fingerprint density at radius 2 is 1.90 bits per heavy atom. The Hall–Kier alpha value is -0.800. The number of hydrogen-bond donors (Lipinski definition) is 1. The van der Waals surface area contributed by atoms with Gasteiger partial charge in [0.2, 0.25) is 0 Å². The van der Waals surface area contributed by atoms with Gasteiger partial charge >= 0.3 is 0 Å². The molecule has 0 aliphatic rings. The summed E-state index contributed by atoms with van der Waals surface area (Å²) in [6, 6.07) is 2.86. The Labute approximate surface area is 131 Å². The lowest BCUT2D eigenvalue weighted by Gasteiger charge is -2.31. The second-order valence-electron chi connectivity index (χ2n) is 6.39. The standard InChI is InChI=1S/C18H34N2O/c1-6-9-19-11-16-10-18(21-14-16)13-20(12-15(4)5)17(7-2)8-3/h10,14-15,17,19H,6-9,11-13H2,1-5H3. The van der Waals surface area contributed by atoms with E-state index in [1.54, 1.807) is 0 Å². The van der Waals surface area contributed by atoms with Crippen LogP contribution in [-0.4, -0.2) is 24.0 Å². The van der Waals surface area contributed by atoms with Gasteiger partial charge in [-0.2, -0.15) is 0 Å². The molecular weight excluding hydrogens is 260 g/mol. The van der Waals surface area contributed by atoms with Crippen molar-refractivity contribution in [2.24, 2.45) is 5.92 Å². The Morgan fingerprint density at radius 3 is 2.48 bits per heavy atom. The lowest BCUT2D eigenvalue weighted by Crippen LogP contribution is -2.36. The summed E-state index contributed by atoms with van der Waals surface area (Å²) in [7, 11) is 0. The van der Waals surface area contributed by atoms with Gasteiger partial charge in [0, 0.05) is 24.7 Å². The molecule has 0 atom stereocenters. The van der Waals surface area contributed by atoms with Crippen molar-refractivity contribution in [2.45, 2.75) is 73.0 Å². The number of furan rings is 1. The van der Waals surface area contributed by atoms with Crippen LogP contribution in [0, 0.1) is 5.92 Å². The molecule has 1 aromatic heterocycles. The first-order valence-corrected chi connectivity index (χ1v) is 8.61. The topological polar surface area (TPSA) is 28.4 Å². The molecule has 3 nitrogen and oxygen atoms in total. The fourth-order valence-corrected chi connectivity index (χ4v) is 2.83. The minimum Gasteiger partial charge on any atom is -0.468 e. The van der Waals surface area contributed by atoms with Crippen LogP contribution in [0.4, 0.5) is 0 Å². The number of nitrogens with zero attached hydrogens (tertiary/aromatic N) is 1. The van der Waals surface area contributed by atoms with Gasteiger partial charge in [-0.15, -0.1) is 0 Å². The molecular formula is C18H34N2O. The van der Waals surface area contributed by atoms with Crippen molar-refractivity contribution < 1.29 is 4.42 Å². The molecule has 0 aromatic carbocycles. The Kier molecular flexibility index (Phi) is 8.70. The van der Waals surface area contributed by atoms with Crippen molar-refractivity contribution in [2.75, 3.05) is 13.1 Å². The SMILES string of the molecule is CCCNCc1coc(CN(CC(C)C)C(CC)CC)c1. The summed E-state index contributed by atoms with van der Waals surface area (Å²) in [6.45, 7) is 15.4. The molecule has 0 saturated carbocycles. The molecule has 1 aromatic rings. The van der Waals surface area contributed by atoms with Crippen molar-refractivity contribution in [1.29, 1.82) is 0 Å². The van der Waals surface area contributed by atoms with E-state index in [4.69, 9.17) is 4.42 Å². The highest BCUT2D eigenvalue weighted by atomic mass is 16.3. The van der Waals surface area contributed by atoms with Gasteiger partial charge in [0.25, 0.3) is 0 Å². The van der Waals surface area contributed by atoms with E-state index in [9.17, 15) is 0 Å². The van der Waals surface area contributed by atoms with E-state index in [2.05, 4.69) is 50.9 Å². The van der Waals surface area contributed by atoms with E-state index in [0.717, 1.165) is 31.9 Å². The zero-order chi connectivity index (χ0) is 15.7. The molecule has 0 aliphatic heterocycles. The average molecular weight is 294 g/mol. The second kappa shape index (κ2) is 10.0. The first-order valence-electron chi connectivity index (χ1n) is 8.61. The molecule has 0 radical (unpaired) electrons. The number of nitrogens with one attached hydrogen (secondary N) is 1. The van der Waals surface area contributed by atoms with Crippen LogP contribution in [0.1, 0.15) is 65.2 Å². The third kappa shape index (κ3) is 6.66. The average Bonchev–Trinajstić information content (AvgIpc) is 2.87. The summed E-state index contributed by atoms with van der Waals surface area (Å²) in [5, 5.41) is 3.42. The molecule has 0 fully saturated rings. The second-order valence-corrected chi connectivity index (χ2v) is 6.39. The highest BCUT2D eigenvalue weighted by Gasteiger charge is 2.18. The van der Waals surface area contributed by atoms with E-state index in [-0.39, 0.29) is 0 Å². The van der Waals surface area contributed by atoms with E-state index >= 15 is 0 Å². The largest absolute Gasteiger partial charge is 0.468 e. The molecule has 0 saturated heterocycles.